The second-order valence-electron chi connectivity index (χ2n) is 3.74. The number of ether oxygens (including phenoxy) is 1. The van der Waals surface area contributed by atoms with Crippen LogP contribution in [0.4, 0.5) is 0 Å². The van der Waals surface area contributed by atoms with Gasteiger partial charge >= 0.3 is 0 Å². The lowest BCUT2D eigenvalue weighted by molar-refractivity contribution is 0.245. The van der Waals surface area contributed by atoms with Crippen molar-refractivity contribution in [1.29, 1.82) is 0 Å². The molecular weight excluding hydrogens is 248 g/mol. The first-order valence-electron chi connectivity index (χ1n) is 5.54. The van der Waals surface area contributed by atoms with Gasteiger partial charge in [0, 0.05) is 0 Å². The summed E-state index contributed by atoms with van der Waals surface area (Å²) < 4.78 is 6.72. The van der Waals surface area contributed by atoms with Gasteiger partial charge in [-0.25, -0.2) is 4.98 Å². The Bertz CT molecular complexity index is 682. The molecule has 2 aromatic rings. The molecule has 2 aromatic heterocycles. The van der Waals surface area contributed by atoms with Crippen LogP contribution in [0.1, 0.15) is 12.7 Å². The molecule has 0 amide bonds. The summed E-state index contributed by atoms with van der Waals surface area (Å²) in [6.45, 7) is 11.7. The summed E-state index contributed by atoms with van der Waals surface area (Å²) in [7, 11) is 0. The van der Waals surface area contributed by atoms with Crippen LogP contribution in [0.5, 0.6) is 0 Å². The largest absolute Gasteiger partial charge is 0.492 e. The number of rotatable bonds is 4. The van der Waals surface area contributed by atoms with Crippen LogP contribution in [-0.4, -0.2) is 16.2 Å². The van der Waals surface area contributed by atoms with Gasteiger partial charge in [-0.15, -0.1) is 11.3 Å². The summed E-state index contributed by atoms with van der Waals surface area (Å²) in [6.07, 6.45) is 0. The van der Waals surface area contributed by atoms with Crippen molar-refractivity contribution >= 4 is 27.3 Å². The molecule has 2 rings (SSSR count). The molecule has 0 unspecified atom stereocenters. The Kier molecular flexibility index (Phi) is 3.34. The van der Waals surface area contributed by atoms with Crippen LogP contribution in [0.2, 0.25) is 0 Å². The molecule has 5 heteroatoms. The topological polar surface area (TPSA) is 44.1 Å². The molecule has 0 aliphatic rings. The fraction of sp³-hybridized carbons (Fsp3) is 0.231. The fourth-order valence-electron chi connectivity index (χ4n) is 1.72. The van der Waals surface area contributed by atoms with Gasteiger partial charge in [0.15, 0.2) is 0 Å². The number of fused-ring (bicyclic) bond motifs is 1. The number of allylic oxidation sites excluding steroid dienone is 1. The predicted octanol–water partition coefficient (Wildman–Crippen LogP) is 2.79. The Morgan fingerprint density at radius 3 is 2.94 bits per heavy atom. The third-order valence-electron chi connectivity index (χ3n) is 2.58. The average Bonchev–Trinajstić information content (AvgIpc) is 2.77. The van der Waals surface area contributed by atoms with Crippen LogP contribution in [0, 0.1) is 6.92 Å². The number of aryl methyl sites for hydroxylation is 1. The SMILES string of the molecule is C=C(OCC)C(=C)n1c(C)nc2sccc2c1=O. The second kappa shape index (κ2) is 4.78. The molecule has 0 saturated carbocycles. The summed E-state index contributed by atoms with van der Waals surface area (Å²) in [4.78, 5) is 17.5. The maximum absolute atomic E-state index is 12.3. The molecule has 0 aromatic carbocycles. The van der Waals surface area contributed by atoms with E-state index in [0.29, 0.717) is 29.3 Å². The Morgan fingerprint density at radius 1 is 1.56 bits per heavy atom. The van der Waals surface area contributed by atoms with E-state index in [1.54, 1.807) is 13.0 Å². The number of thiophene rings is 1. The quantitative estimate of drug-likeness (QED) is 0.628. The molecular formula is C13H14N2O2S. The van der Waals surface area contributed by atoms with Crippen LogP contribution >= 0.6 is 11.3 Å². The van der Waals surface area contributed by atoms with Crippen molar-refractivity contribution in [1.82, 2.24) is 9.55 Å². The predicted molar refractivity (Wildman–Crippen MR) is 74.7 cm³/mol. The normalized spacial score (nSPS) is 10.6. The standard InChI is InChI=1S/C13H14N2O2S/c1-5-17-9(3)8(2)15-10(4)14-12-11(13(15)16)6-7-18-12/h6-7H,2-3,5H2,1,4H3. The van der Waals surface area contributed by atoms with E-state index in [-0.39, 0.29) is 5.56 Å². The molecule has 0 spiro atoms. The molecule has 0 aliphatic carbocycles. The van der Waals surface area contributed by atoms with E-state index in [1.165, 1.54) is 15.9 Å². The van der Waals surface area contributed by atoms with Gasteiger partial charge in [0.2, 0.25) is 0 Å². The van der Waals surface area contributed by atoms with E-state index in [2.05, 4.69) is 18.1 Å². The van der Waals surface area contributed by atoms with Crippen molar-refractivity contribution in [2.45, 2.75) is 13.8 Å². The molecule has 0 saturated heterocycles. The summed E-state index contributed by atoms with van der Waals surface area (Å²) in [6, 6.07) is 1.77. The molecule has 4 nitrogen and oxygen atoms in total. The zero-order valence-electron chi connectivity index (χ0n) is 10.4. The number of hydrogen-bond acceptors (Lipinski definition) is 4. The Balaban J connectivity index is 2.60. The highest BCUT2D eigenvalue weighted by Crippen LogP contribution is 2.18. The third-order valence-corrected chi connectivity index (χ3v) is 3.38. The van der Waals surface area contributed by atoms with Crippen molar-refractivity contribution in [3.05, 3.63) is 46.5 Å². The highest BCUT2D eigenvalue weighted by molar-refractivity contribution is 7.16. The summed E-state index contributed by atoms with van der Waals surface area (Å²) in [5, 5.41) is 2.44. The van der Waals surface area contributed by atoms with Crippen molar-refractivity contribution in [3.8, 4) is 0 Å². The van der Waals surface area contributed by atoms with Crippen LogP contribution in [0.25, 0.3) is 15.9 Å². The summed E-state index contributed by atoms with van der Waals surface area (Å²) in [5.41, 5.74) is 0.296. The zero-order valence-corrected chi connectivity index (χ0v) is 11.2. The number of aromatic nitrogens is 2. The second-order valence-corrected chi connectivity index (χ2v) is 4.64. The minimum atomic E-state index is -0.135. The first kappa shape index (κ1) is 12.6. The van der Waals surface area contributed by atoms with Crippen LogP contribution in [0.15, 0.2) is 35.2 Å². The van der Waals surface area contributed by atoms with Gasteiger partial charge in [-0.2, -0.15) is 0 Å². The molecule has 2 heterocycles. The van der Waals surface area contributed by atoms with Crippen molar-refractivity contribution in [3.63, 3.8) is 0 Å². The maximum atomic E-state index is 12.3. The molecule has 0 bridgehead atoms. The molecule has 0 atom stereocenters. The van der Waals surface area contributed by atoms with Crippen molar-refractivity contribution < 1.29 is 4.74 Å². The van der Waals surface area contributed by atoms with Gasteiger partial charge in [0.05, 0.1) is 17.7 Å². The van der Waals surface area contributed by atoms with E-state index >= 15 is 0 Å². The molecule has 0 N–H and O–H groups in total. The van der Waals surface area contributed by atoms with Crippen LogP contribution in [0.3, 0.4) is 0 Å². The first-order chi connectivity index (χ1) is 8.56. The molecule has 0 fully saturated rings. The van der Waals surface area contributed by atoms with Crippen LogP contribution < -0.4 is 5.56 Å². The maximum Gasteiger partial charge on any atom is 0.266 e. The summed E-state index contributed by atoms with van der Waals surface area (Å²) >= 11 is 1.45. The van der Waals surface area contributed by atoms with Gasteiger partial charge in [-0.05, 0) is 25.3 Å². The van der Waals surface area contributed by atoms with Gasteiger partial charge < -0.3 is 4.74 Å². The Morgan fingerprint density at radius 2 is 2.28 bits per heavy atom. The fourth-order valence-corrected chi connectivity index (χ4v) is 2.52. The van der Waals surface area contributed by atoms with Gasteiger partial charge in [-0.1, -0.05) is 13.2 Å². The zero-order chi connectivity index (χ0) is 13.3. The van der Waals surface area contributed by atoms with E-state index in [1.807, 2.05) is 12.3 Å². The van der Waals surface area contributed by atoms with E-state index in [4.69, 9.17) is 4.74 Å². The average molecular weight is 262 g/mol. The monoisotopic (exact) mass is 262 g/mol. The van der Waals surface area contributed by atoms with Crippen molar-refractivity contribution in [2.24, 2.45) is 0 Å². The van der Waals surface area contributed by atoms with E-state index in [0.717, 1.165) is 4.83 Å². The smallest absolute Gasteiger partial charge is 0.266 e. The molecule has 18 heavy (non-hydrogen) atoms. The molecule has 0 radical (unpaired) electrons. The highest BCUT2D eigenvalue weighted by atomic mass is 32.1. The Labute approximate surface area is 109 Å². The lowest BCUT2D eigenvalue weighted by Crippen LogP contribution is -2.23. The number of nitrogens with zero attached hydrogens (tertiary/aromatic N) is 2. The first-order valence-corrected chi connectivity index (χ1v) is 6.42. The minimum absolute atomic E-state index is 0.135. The van der Waals surface area contributed by atoms with Crippen LogP contribution in [-0.2, 0) is 4.74 Å². The molecule has 94 valence electrons. The molecule has 0 aliphatic heterocycles. The Hall–Kier alpha value is -1.88. The van der Waals surface area contributed by atoms with Gasteiger partial charge in [-0.3, -0.25) is 9.36 Å². The number of hydrogen-bond donors (Lipinski definition) is 0. The lowest BCUT2D eigenvalue weighted by Gasteiger charge is -2.14. The van der Waals surface area contributed by atoms with E-state index < -0.39 is 0 Å². The van der Waals surface area contributed by atoms with Gasteiger partial charge in [0.25, 0.3) is 5.56 Å². The minimum Gasteiger partial charge on any atom is -0.492 e. The van der Waals surface area contributed by atoms with Crippen molar-refractivity contribution in [2.75, 3.05) is 6.61 Å². The van der Waals surface area contributed by atoms with Gasteiger partial charge in [0.1, 0.15) is 16.4 Å². The lowest BCUT2D eigenvalue weighted by atomic mass is 10.3. The summed E-state index contributed by atoms with van der Waals surface area (Å²) in [5.74, 6) is 0.972. The highest BCUT2D eigenvalue weighted by Gasteiger charge is 2.13. The van der Waals surface area contributed by atoms with E-state index in [9.17, 15) is 4.79 Å². The third kappa shape index (κ3) is 1.97.